The molecule has 0 saturated heterocycles. The standard InChI is InChI=1S/2C5H14NO.2H2O3S/c2*1-6(2,3)4-5-7;2*1-4(2)3/h2*7H,4-5H2,1-3H3;2*(H2,1,2,3)/q2*+1;;. The second-order valence-corrected chi connectivity index (χ2v) is 6.86. The number of nitrogens with zero attached hydrogens (tertiary/aromatic N) is 2. The maximum Gasteiger partial charge on any atom is 0.299 e. The van der Waals surface area contributed by atoms with Crippen molar-refractivity contribution in [3.8, 4) is 0 Å². The van der Waals surface area contributed by atoms with Gasteiger partial charge in [-0.2, -0.15) is 8.42 Å². The fourth-order valence-corrected chi connectivity index (χ4v) is 0.600. The Morgan fingerprint density at radius 1 is 0.636 bits per heavy atom. The number of hydrogen-bond acceptors (Lipinski definition) is 4. The first-order valence-corrected chi connectivity index (χ1v) is 8.14. The lowest BCUT2D eigenvalue weighted by atomic mass is 10.5. The lowest BCUT2D eigenvalue weighted by molar-refractivity contribution is -0.870. The van der Waals surface area contributed by atoms with Gasteiger partial charge in [0, 0.05) is 0 Å². The largest absolute Gasteiger partial charge is 0.391 e. The molecule has 0 heterocycles. The summed E-state index contributed by atoms with van der Waals surface area (Å²) in [7, 11) is 12.3. The molecule has 0 aromatic heterocycles. The number of likely N-dealkylation sites (N-methyl/N-ethyl adjacent to an activating group) is 2. The minimum Gasteiger partial charge on any atom is -0.391 e. The van der Waals surface area contributed by atoms with Crippen LogP contribution in [0, 0.1) is 0 Å². The smallest absolute Gasteiger partial charge is 0.299 e. The van der Waals surface area contributed by atoms with E-state index in [9.17, 15) is 0 Å². The van der Waals surface area contributed by atoms with Gasteiger partial charge in [0.1, 0.15) is 13.1 Å². The average molecular weight is 373 g/mol. The molecule has 0 bridgehead atoms. The molecule has 0 rings (SSSR count). The first-order chi connectivity index (χ1) is 9.59. The van der Waals surface area contributed by atoms with Gasteiger partial charge in [-0.15, -0.1) is 0 Å². The van der Waals surface area contributed by atoms with Crippen molar-refractivity contribution in [3.05, 3.63) is 0 Å². The van der Waals surface area contributed by atoms with Gasteiger partial charge in [0.25, 0.3) is 22.7 Å². The lowest BCUT2D eigenvalue weighted by Gasteiger charge is -2.21. The Kier molecular flexibility index (Phi) is 23.6. The summed E-state index contributed by atoms with van der Waals surface area (Å²) in [5.74, 6) is 0. The SMILES string of the molecule is C[N+](C)(C)CCO.C[N+](C)(C)CCO.O=S(O)O.O=S(O)O. The van der Waals surface area contributed by atoms with E-state index in [1.165, 1.54) is 0 Å². The number of aliphatic hydroxyl groups excluding tert-OH is 2. The topological polar surface area (TPSA) is 156 Å². The van der Waals surface area contributed by atoms with Gasteiger partial charge < -0.3 is 19.2 Å². The van der Waals surface area contributed by atoms with Crippen LogP contribution < -0.4 is 0 Å². The molecule has 0 amide bonds. The van der Waals surface area contributed by atoms with E-state index in [0.29, 0.717) is 0 Å². The van der Waals surface area contributed by atoms with Crippen molar-refractivity contribution >= 4 is 22.7 Å². The maximum absolute atomic E-state index is 8.67. The van der Waals surface area contributed by atoms with Crippen LogP contribution >= 0.6 is 0 Å². The molecular formula is C10H32N2O8S2+2. The molecule has 0 atom stereocenters. The van der Waals surface area contributed by atoms with Gasteiger partial charge in [0.2, 0.25) is 0 Å². The van der Waals surface area contributed by atoms with Crippen LogP contribution in [0.15, 0.2) is 0 Å². The normalized spacial score (nSPS) is 10.8. The summed E-state index contributed by atoms with van der Waals surface area (Å²) in [6, 6.07) is 0. The van der Waals surface area contributed by atoms with Crippen LogP contribution in [0.1, 0.15) is 0 Å². The van der Waals surface area contributed by atoms with E-state index in [1.54, 1.807) is 0 Å². The molecule has 0 radical (unpaired) electrons. The molecule has 0 spiro atoms. The molecule has 140 valence electrons. The highest BCUT2D eigenvalue weighted by Gasteiger charge is 2.02. The Morgan fingerprint density at radius 2 is 0.773 bits per heavy atom. The maximum atomic E-state index is 8.67. The van der Waals surface area contributed by atoms with Crippen LogP contribution in [0.25, 0.3) is 0 Å². The van der Waals surface area contributed by atoms with Crippen LogP contribution in [0.4, 0.5) is 0 Å². The molecule has 0 aliphatic rings. The summed E-state index contributed by atoms with van der Waals surface area (Å²) in [5.41, 5.74) is 0. The van der Waals surface area contributed by atoms with E-state index in [0.717, 1.165) is 22.1 Å². The summed E-state index contributed by atoms with van der Waals surface area (Å²) in [6.45, 7) is 2.23. The van der Waals surface area contributed by atoms with Crippen LogP contribution in [0.3, 0.4) is 0 Å². The zero-order chi connectivity index (χ0) is 19.0. The number of aliphatic hydroxyl groups is 2. The highest BCUT2D eigenvalue weighted by atomic mass is 32.2. The van der Waals surface area contributed by atoms with Gasteiger partial charge in [-0.1, -0.05) is 0 Å². The minimum absolute atomic E-state index is 0.281. The van der Waals surface area contributed by atoms with E-state index in [4.69, 9.17) is 36.8 Å². The highest BCUT2D eigenvalue weighted by molar-refractivity contribution is 7.73. The zero-order valence-electron chi connectivity index (χ0n) is 14.0. The van der Waals surface area contributed by atoms with Crippen molar-refractivity contribution in [2.75, 3.05) is 68.6 Å². The van der Waals surface area contributed by atoms with E-state index in [2.05, 4.69) is 42.3 Å². The Hall–Kier alpha value is -0.0200. The molecule has 0 aromatic rings. The lowest BCUT2D eigenvalue weighted by Crippen LogP contribution is -2.36. The zero-order valence-corrected chi connectivity index (χ0v) is 15.7. The summed E-state index contributed by atoms with van der Waals surface area (Å²) in [4.78, 5) is 0. The molecule has 0 aromatic carbocycles. The molecule has 0 aliphatic heterocycles. The molecule has 22 heavy (non-hydrogen) atoms. The third kappa shape index (κ3) is 113. The molecular weight excluding hydrogens is 340 g/mol. The van der Waals surface area contributed by atoms with Gasteiger partial charge in [-0.25, -0.2) is 0 Å². The summed E-state index contributed by atoms with van der Waals surface area (Å²) in [6.07, 6.45) is 0. The summed E-state index contributed by atoms with van der Waals surface area (Å²) < 4.78 is 47.4. The minimum atomic E-state index is -2.61. The van der Waals surface area contributed by atoms with Crippen molar-refractivity contribution in [2.45, 2.75) is 0 Å². The molecule has 0 fully saturated rings. The van der Waals surface area contributed by atoms with Gasteiger partial charge >= 0.3 is 0 Å². The Morgan fingerprint density at radius 3 is 0.773 bits per heavy atom. The third-order valence-electron chi connectivity index (χ3n) is 1.54. The molecule has 12 heteroatoms. The predicted octanol–water partition coefficient (Wildman–Crippen LogP) is -1.27. The van der Waals surface area contributed by atoms with Crippen molar-refractivity contribution in [2.24, 2.45) is 0 Å². The fourth-order valence-electron chi connectivity index (χ4n) is 0.600. The van der Waals surface area contributed by atoms with Crippen LogP contribution in [-0.2, 0) is 22.7 Å². The molecule has 6 N–H and O–H groups in total. The van der Waals surface area contributed by atoms with Crippen LogP contribution in [0.5, 0.6) is 0 Å². The van der Waals surface area contributed by atoms with Gasteiger partial charge in [-0.05, 0) is 0 Å². The van der Waals surface area contributed by atoms with Gasteiger partial charge in [-0.3, -0.25) is 18.2 Å². The van der Waals surface area contributed by atoms with Gasteiger partial charge in [0.15, 0.2) is 0 Å². The quantitative estimate of drug-likeness (QED) is 0.264. The van der Waals surface area contributed by atoms with Crippen LogP contribution in [0.2, 0.25) is 0 Å². The average Bonchev–Trinajstić information content (AvgIpc) is 2.11. The second kappa shape index (κ2) is 17.3. The van der Waals surface area contributed by atoms with E-state index in [1.807, 2.05) is 0 Å². The first kappa shape index (κ1) is 29.9. The third-order valence-corrected chi connectivity index (χ3v) is 1.54. The van der Waals surface area contributed by atoms with Crippen molar-refractivity contribution < 1.29 is 45.8 Å². The molecule has 0 aliphatic carbocycles. The predicted molar refractivity (Wildman–Crippen MR) is 86.8 cm³/mol. The first-order valence-electron chi connectivity index (χ1n) is 6.01. The molecule has 0 saturated carbocycles. The monoisotopic (exact) mass is 372 g/mol. The van der Waals surface area contributed by atoms with Gasteiger partial charge in [0.05, 0.1) is 55.5 Å². The van der Waals surface area contributed by atoms with Crippen molar-refractivity contribution in [1.29, 1.82) is 0 Å². The van der Waals surface area contributed by atoms with E-state index in [-0.39, 0.29) is 13.2 Å². The number of quaternary nitrogens is 2. The van der Waals surface area contributed by atoms with Crippen molar-refractivity contribution in [3.63, 3.8) is 0 Å². The Bertz CT molecular complexity index is 243. The van der Waals surface area contributed by atoms with E-state index >= 15 is 0 Å². The summed E-state index contributed by atoms with van der Waals surface area (Å²) >= 11 is -5.22. The number of hydrogen-bond donors (Lipinski definition) is 6. The van der Waals surface area contributed by atoms with Crippen LogP contribution in [-0.4, -0.2) is 114 Å². The number of rotatable bonds is 4. The van der Waals surface area contributed by atoms with Crippen molar-refractivity contribution in [1.82, 2.24) is 0 Å². The Labute approximate surface area is 137 Å². The van der Waals surface area contributed by atoms with E-state index < -0.39 is 22.7 Å². The fraction of sp³-hybridized carbons (Fsp3) is 1.00. The Balaban J connectivity index is -0.000000102. The second-order valence-electron chi connectivity index (χ2n) is 5.94. The molecule has 0 unspecified atom stereocenters. The summed E-state index contributed by atoms with van der Waals surface area (Å²) in [5, 5.41) is 16.8. The molecule has 10 nitrogen and oxygen atoms in total. The highest BCUT2D eigenvalue weighted by Crippen LogP contribution is 1.85.